The third-order valence-corrected chi connectivity index (χ3v) is 3.01. The topological polar surface area (TPSA) is 29.9 Å². The second-order valence-electron chi connectivity index (χ2n) is 4.32. The summed E-state index contributed by atoms with van der Waals surface area (Å²) in [6.07, 6.45) is 4.92. The molecule has 96 valence electrons. The van der Waals surface area contributed by atoms with Crippen molar-refractivity contribution in [2.75, 3.05) is 6.54 Å². The monoisotopic (exact) mass is 263 g/mol. The molecular weight excluding hydrogens is 246 g/mol. The fraction of sp³-hybridized carbons (Fsp3) is 0.357. The van der Waals surface area contributed by atoms with Crippen LogP contribution in [-0.4, -0.2) is 16.1 Å². The molecular formula is C14H18ClN3. The van der Waals surface area contributed by atoms with Gasteiger partial charge in [0.15, 0.2) is 0 Å². The van der Waals surface area contributed by atoms with Crippen LogP contribution < -0.4 is 5.32 Å². The van der Waals surface area contributed by atoms with E-state index in [1.54, 1.807) is 0 Å². The summed E-state index contributed by atoms with van der Waals surface area (Å²) >= 11 is 5.99. The summed E-state index contributed by atoms with van der Waals surface area (Å²) < 4.78 is 2.15. The van der Waals surface area contributed by atoms with Crippen LogP contribution in [0.5, 0.6) is 0 Å². The summed E-state index contributed by atoms with van der Waals surface area (Å²) in [7, 11) is 0. The van der Waals surface area contributed by atoms with Crippen molar-refractivity contribution in [2.45, 2.75) is 26.4 Å². The average Bonchev–Trinajstić information content (AvgIpc) is 2.77. The van der Waals surface area contributed by atoms with Crippen molar-refractivity contribution in [1.82, 2.24) is 14.9 Å². The Hall–Kier alpha value is -1.32. The molecule has 2 rings (SSSR count). The molecule has 1 heterocycles. The molecule has 0 aliphatic carbocycles. The Morgan fingerprint density at radius 3 is 3.06 bits per heavy atom. The molecule has 0 bridgehead atoms. The Labute approximate surface area is 113 Å². The smallest absolute Gasteiger partial charge is 0.0951 e. The fourth-order valence-electron chi connectivity index (χ4n) is 1.86. The number of nitrogens with zero attached hydrogens (tertiary/aromatic N) is 2. The van der Waals surface area contributed by atoms with Crippen molar-refractivity contribution < 1.29 is 0 Å². The highest BCUT2D eigenvalue weighted by molar-refractivity contribution is 6.30. The molecule has 0 saturated heterocycles. The van der Waals surface area contributed by atoms with Gasteiger partial charge in [0.1, 0.15) is 0 Å². The van der Waals surface area contributed by atoms with Gasteiger partial charge in [0.25, 0.3) is 0 Å². The van der Waals surface area contributed by atoms with Crippen molar-refractivity contribution in [3.63, 3.8) is 0 Å². The Balaban J connectivity index is 2.03. The van der Waals surface area contributed by atoms with E-state index in [1.807, 2.05) is 30.7 Å². The van der Waals surface area contributed by atoms with E-state index in [0.29, 0.717) is 0 Å². The Bertz CT molecular complexity index is 493. The number of aromatic nitrogens is 2. The second-order valence-corrected chi connectivity index (χ2v) is 4.76. The van der Waals surface area contributed by atoms with Crippen LogP contribution in [0.3, 0.4) is 0 Å². The van der Waals surface area contributed by atoms with Crippen molar-refractivity contribution >= 4 is 11.6 Å². The lowest BCUT2D eigenvalue weighted by Gasteiger charge is -2.09. The van der Waals surface area contributed by atoms with Gasteiger partial charge in [-0.1, -0.05) is 30.7 Å². The zero-order chi connectivity index (χ0) is 12.8. The standard InChI is InChI=1S/C14H18ClN3/c1-2-6-16-8-14-9-17-11-18(14)10-12-4-3-5-13(15)7-12/h3-5,7,9,11,16H,2,6,8,10H2,1H3. The minimum atomic E-state index is 0.776. The molecule has 3 nitrogen and oxygen atoms in total. The van der Waals surface area contributed by atoms with Crippen LogP contribution in [0.25, 0.3) is 0 Å². The molecule has 0 amide bonds. The van der Waals surface area contributed by atoms with Crippen LogP contribution in [0.2, 0.25) is 5.02 Å². The normalized spacial score (nSPS) is 10.8. The van der Waals surface area contributed by atoms with Crippen LogP contribution in [0.15, 0.2) is 36.8 Å². The first-order chi connectivity index (χ1) is 8.79. The lowest BCUT2D eigenvalue weighted by atomic mass is 10.2. The lowest BCUT2D eigenvalue weighted by Crippen LogP contribution is -2.16. The van der Waals surface area contributed by atoms with E-state index in [9.17, 15) is 0 Å². The number of benzene rings is 1. The SMILES string of the molecule is CCCNCc1cncn1Cc1cccc(Cl)c1. The minimum Gasteiger partial charge on any atom is -0.329 e. The van der Waals surface area contributed by atoms with E-state index in [0.717, 1.165) is 31.1 Å². The summed E-state index contributed by atoms with van der Waals surface area (Å²) in [6, 6.07) is 7.94. The fourth-order valence-corrected chi connectivity index (χ4v) is 2.08. The molecule has 1 aromatic heterocycles. The zero-order valence-electron chi connectivity index (χ0n) is 10.6. The highest BCUT2D eigenvalue weighted by atomic mass is 35.5. The highest BCUT2D eigenvalue weighted by Crippen LogP contribution is 2.12. The number of rotatable bonds is 6. The quantitative estimate of drug-likeness (QED) is 0.812. The van der Waals surface area contributed by atoms with Gasteiger partial charge in [-0.05, 0) is 30.7 Å². The van der Waals surface area contributed by atoms with Gasteiger partial charge in [-0.15, -0.1) is 0 Å². The Morgan fingerprint density at radius 2 is 2.28 bits per heavy atom. The van der Waals surface area contributed by atoms with Gasteiger partial charge in [-0.25, -0.2) is 4.98 Å². The van der Waals surface area contributed by atoms with E-state index < -0.39 is 0 Å². The first-order valence-electron chi connectivity index (χ1n) is 6.23. The first kappa shape index (κ1) is 13.1. The maximum atomic E-state index is 5.99. The molecule has 0 spiro atoms. The van der Waals surface area contributed by atoms with Gasteiger partial charge in [-0.3, -0.25) is 0 Å². The van der Waals surface area contributed by atoms with Crippen molar-refractivity contribution in [1.29, 1.82) is 0 Å². The van der Waals surface area contributed by atoms with Gasteiger partial charge in [0.05, 0.1) is 12.0 Å². The number of hydrogen-bond acceptors (Lipinski definition) is 2. The molecule has 18 heavy (non-hydrogen) atoms. The third kappa shape index (κ3) is 3.59. The molecule has 0 unspecified atom stereocenters. The number of hydrogen-bond donors (Lipinski definition) is 1. The Kier molecular flexibility index (Phi) is 4.79. The molecule has 0 aliphatic rings. The van der Waals surface area contributed by atoms with Crippen LogP contribution in [0.1, 0.15) is 24.6 Å². The van der Waals surface area contributed by atoms with Gasteiger partial charge >= 0.3 is 0 Å². The van der Waals surface area contributed by atoms with Gasteiger partial charge in [-0.2, -0.15) is 0 Å². The van der Waals surface area contributed by atoms with E-state index >= 15 is 0 Å². The minimum absolute atomic E-state index is 0.776. The first-order valence-corrected chi connectivity index (χ1v) is 6.61. The van der Waals surface area contributed by atoms with Gasteiger partial charge < -0.3 is 9.88 Å². The van der Waals surface area contributed by atoms with Crippen LogP contribution in [0.4, 0.5) is 0 Å². The molecule has 0 atom stereocenters. The predicted molar refractivity (Wildman–Crippen MR) is 74.8 cm³/mol. The number of halogens is 1. The Morgan fingerprint density at radius 1 is 1.39 bits per heavy atom. The molecule has 0 radical (unpaired) electrons. The summed E-state index contributed by atoms with van der Waals surface area (Å²) in [6.45, 7) is 4.86. The lowest BCUT2D eigenvalue weighted by molar-refractivity contribution is 0.630. The molecule has 1 aromatic carbocycles. The molecule has 0 saturated carbocycles. The van der Waals surface area contributed by atoms with Gasteiger partial charge in [0, 0.05) is 24.3 Å². The van der Waals surface area contributed by atoms with Crippen LogP contribution in [0, 0.1) is 0 Å². The third-order valence-electron chi connectivity index (χ3n) is 2.77. The number of imidazole rings is 1. The summed E-state index contributed by atoms with van der Waals surface area (Å²) in [5, 5.41) is 4.16. The molecule has 2 aromatic rings. The largest absolute Gasteiger partial charge is 0.329 e. The maximum Gasteiger partial charge on any atom is 0.0951 e. The van der Waals surface area contributed by atoms with Crippen molar-refractivity contribution in [3.8, 4) is 0 Å². The molecule has 0 fully saturated rings. The van der Waals surface area contributed by atoms with Crippen molar-refractivity contribution in [3.05, 3.63) is 53.1 Å². The van der Waals surface area contributed by atoms with Gasteiger partial charge in [0.2, 0.25) is 0 Å². The zero-order valence-corrected chi connectivity index (χ0v) is 11.3. The predicted octanol–water partition coefficient (Wildman–Crippen LogP) is 3.08. The van der Waals surface area contributed by atoms with E-state index in [-0.39, 0.29) is 0 Å². The highest BCUT2D eigenvalue weighted by Gasteiger charge is 2.02. The molecule has 1 N–H and O–H groups in total. The second kappa shape index (κ2) is 6.57. The van der Waals surface area contributed by atoms with E-state index in [2.05, 4.69) is 27.9 Å². The molecule has 4 heteroatoms. The average molecular weight is 264 g/mol. The maximum absolute atomic E-state index is 5.99. The van der Waals surface area contributed by atoms with E-state index in [4.69, 9.17) is 11.6 Å². The van der Waals surface area contributed by atoms with Crippen molar-refractivity contribution in [2.24, 2.45) is 0 Å². The molecule has 0 aliphatic heterocycles. The summed E-state index contributed by atoms with van der Waals surface area (Å²) in [5.41, 5.74) is 2.39. The summed E-state index contributed by atoms with van der Waals surface area (Å²) in [5.74, 6) is 0. The number of nitrogens with one attached hydrogen (secondary N) is 1. The summed E-state index contributed by atoms with van der Waals surface area (Å²) in [4.78, 5) is 4.21. The van der Waals surface area contributed by atoms with Crippen LogP contribution in [-0.2, 0) is 13.1 Å². The van der Waals surface area contributed by atoms with E-state index in [1.165, 1.54) is 11.3 Å². The van der Waals surface area contributed by atoms with Crippen LogP contribution >= 0.6 is 11.6 Å².